The van der Waals surface area contributed by atoms with Crippen LogP contribution < -0.4 is 0 Å². The summed E-state index contributed by atoms with van der Waals surface area (Å²) >= 11 is 0. The predicted molar refractivity (Wildman–Crippen MR) is 99.5 cm³/mol. The molecule has 0 spiro atoms. The van der Waals surface area contributed by atoms with Crippen LogP contribution in [0.2, 0.25) is 0 Å². The third-order valence-electron chi connectivity index (χ3n) is 4.61. The normalized spacial score (nSPS) is 18.6. The number of likely N-dealkylation sites (tertiary alicyclic amines) is 1. The van der Waals surface area contributed by atoms with E-state index in [0.717, 1.165) is 30.6 Å². The molecule has 164 valence electrons. The highest BCUT2D eigenvalue weighted by Crippen LogP contribution is 2.24. The lowest BCUT2D eigenvalue weighted by Gasteiger charge is -2.27. The number of aryl methyl sites for hydroxylation is 1. The number of aromatic nitrogens is 3. The molecule has 0 radical (unpaired) electrons. The van der Waals surface area contributed by atoms with Gasteiger partial charge in [-0.3, -0.25) is 14.5 Å². The largest absolute Gasteiger partial charge is 0.490 e. The van der Waals surface area contributed by atoms with E-state index in [2.05, 4.69) is 10.1 Å². The molecule has 11 heteroatoms. The Morgan fingerprint density at radius 3 is 2.53 bits per heavy atom. The maximum atomic E-state index is 12.7. The molecule has 2 atom stereocenters. The molecule has 8 nitrogen and oxygen atoms in total. The summed E-state index contributed by atoms with van der Waals surface area (Å²) in [4.78, 5) is 27.8. The van der Waals surface area contributed by atoms with E-state index in [0.29, 0.717) is 6.42 Å². The van der Waals surface area contributed by atoms with Crippen LogP contribution in [0.15, 0.2) is 36.8 Å². The first-order valence-electron chi connectivity index (χ1n) is 9.11. The van der Waals surface area contributed by atoms with Gasteiger partial charge in [0.25, 0.3) is 0 Å². The number of hydrogen-bond acceptors (Lipinski definition) is 5. The molecule has 0 saturated carbocycles. The summed E-state index contributed by atoms with van der Waals surface area (Å²) in [5, 5.41) is 11.3. The van der Waals surface area contributed by atoms with Gasteiger partial charge >= 0.3 is 12.1 Å². The molecular formula is C19H23F3N4O4. The number of pyridine rings is 1. The van der Waals surface area contributed by atoms with Gasteiger partial charge < -0.3 is 14.7 Å². The van der Waals surface area contributed by atoms with Crippen molar-refractivity contribution in [3.63, 3.8) is 0 Å². The van der Waals surface area contributed by atoms with E-state index in [-0.39, 0.29) is 18.1 Å². The summed E-state index contributed by atoms with van der Waals surface area (Å²) in [5.74, 6) is -2.65. The summed E-state index contributed by atoms with van der Waals surface area (Å²) in [7, 11) is 3.61. The number of nitrogens with zero attached hydrogens (tertiary/aromatic N) is 4. The highest BCUT2D eigenvalue weighted by molar-refractivity contribution is 5.79. The lowest BCUT2D eigenvalue weighted by atomic mass is 10.0. The Hall–Kier alpha value is -2.95. The molecule has 1 N–H and O–H groups in total. The van der Waals surface area contributed by atoms with Crippen molar-refractivity contribution in [2.45, 2.75) is 37.6 Å². The number of alkyl halides is 3. The first-order chi connectivity index (χ1) is 14.1. The van der Waals surface area contributed by atoms with Crippen LogP contribution in [0.25, 0.3) is 0 Å². The smallest absolute Gasteiger partial charge is 0.475 e. The number of carboxylic acids is 1. The Morgan fingerprint density at radius 2 is 2.03 bits per heavy atom. The van der Waals surface area contributed by atoms with Crippen LogP contribution >= 0.6 is 0 Å². The number of aliphatic carboxylic acids is 1. The number of amides is 1. The van der Waals surface area contributed by atoms with Crippen LogP contribution in [0.3, 0.4) is 0 Å². The van der Waals surface area contributed by atoms with E-state index in [1.807, 2.05) is 42.5 Å². The number of hydrogen-bond donors (Lipinski definition) is 1. The fourth-order valence-corrected chi connectivity index (χ4v) is 3.23. The Morgan fingerprint density at radius 1 is 1.33 bits per heavy atom. The van der Waals surface area contributed by atoms with Crippen molar-refractivity contribution < 1.29 is 32.6 Å². The van der Waals surface area contributed by atoms with Crippen molar-refractivity contribution >= 4 is 11.9 Å². The Balaban J connectivity index is 0.000000396. The lowest BCUT2D eigenvalue weighted by molar-refractivity contribution is -0.192. The third-order valence-corrected chi connectivity index (χ3v) is 4.61. The first kappa shape index (κ1) is 23.3. The van der Waals surface area contributed by atoms with Crippen LogP contribution in [0, 0.1) is 0 Å². The predicted octanol–water partition coefficient (Wildman–Crippen LogP) is 1.85. The molecule has 1 aliphatic heterocycles. The minimum atomic E-state index is -5.08. The van der Waals surface area contributed by atoms with Crippen LogP contribution in [0.5, 0.6) is 0 Å². The fourth-order valence-electron chi connectivity index (χ4n) is 3.23. The van der Waals surface area contributed by atoms with Gasteiger partial charge in [0.05, 0.1) is 24.8 Å². The third kappa shape index (κ3) is 6.55. The molecule has 30 heavy (non-hydrogen) atoms. The maximum Gasteiger partial charge on any atom is 0.490 e. The van der Waals surface area contributed by atoms with Crippen molar-refractivity contribution in [1.29, 1.82) is 0 Å². The summed E-state index contributed by atoms with van der Waals surface area (Å²) < 4.78 is 39.1. The van der Waals surface area contributed by atoms with Gasteiger partial charge in [-0.2, -0.15) is 18.3 Å². The zero-order valence-electron chi connectivity index (χ0n) is 16.5. The minimum Gasteiger partial charge on any atom is -0.475 e. The molecule has 0 unspecified atom stereocenters. The van der Waals surface area contributed by atoms with Gasteiger partial charge in [0.2, 0.25) is 5.91 Å². The number of ether oxygens (including phenoxy) is 1. The molecule has 3 rings (SSSR count). The second kappa shape index (κ2) is 10.2. The van der Waals surface area contributed by atoms with Gasteiger partial charge in [0.15, 0.2) is 0 Å². The molecule has 1 saturated heterocycles. The molecule has 1 aliphatic rings. The minimum absolute atomic E-state index is 0.0559. The SMILES string of the molecule is CO[C@H]1CCN(C(=O)Cc2ccccn2)[C@H]1Cc1cnn(C)c1.O=C(O)C(F)(F)F. The van der Waals surface area contributed by atoms with Gasteiger partial charge in [-0.15, -0.1) is 0 Å². The number of carbonyl (C=O) groups excluding carboxylic acids is 1. The van der Waals surface area contributed by atoms with Crippen LogP contribution in [-0.2, 0) is 34.2 Å². The Labute approximate surface area is 171 Å². The number of halogens is 3. The monoisotopic (exact) mass is 428 g/mol. The van der Waals surface area contributed by atoms with E-state index >= 15 is 0 Å². The van der Waals surface area contributed by atoms with Gasteiger partial charge in [0.1, 0.15) is 0 Å². The number of rotatable bonds is 5. The lowest BCUT2D eigenvalue weighted by Crippen LogP contribution is -2.42. The summed E-state index contributed by atoms with van der Waals surface area (Å²) in [6.45, 7) is 0.731. The molecular weight excluding hydrogens is 405 g/mol. The van der Waals surface area contributed by atoms with Gasteiger partial charge in [-0.1, -0.05) is 6.07 Å². The van der Waals surface area contributed by atoms with Crippen molar-refractivity contribution in [2.75, 3.05) is 13.7 Å². The molecule has 1 fully saturated rings. The van der Waals surface area contributed by atoms with Crippen molar-refractivity contribution in [3.8, 4) is 0 Å². The topological polar surface area (TPSA) is 97.5 Å². The van der Waals surface area contributed by atoms with E-state index in [4.69, 9.17) is 14.6 Å². The van der Waals surface area contributed by atoms with Crippen LogP contribution in [-0.4, -0.2) is 68.6 Å². The van der Waals surface area contributed by atoms with Crippen molar-refractivity contribution in [3.05, 3.63) is 48.0 Å². The van der Waals surface area contributed by atoms with Crippen LogP contribution in [0.4, 0.5) is 13.2 Å². The molecule has 2 aromatic heterocycles. The van der Waals surface area contributed by atoms with E-state index < -0.39 is 12.1 Å². The van der Waals surface area contributed by atoms with Crippen molar-refractivity contribution in [2.24, 2.45) is 7.05 Å². The second-order valence-electron chi connectivity index (χ2n) is 6.74. The first-order valence-corrected chi connectivity index (χ1v) is 9.11. The fraction of sp³-hybridized carbons (Fsp3) is 0.474. The molecule has 0 bridgehead atoms. The maximum absolute atomic E-state index is 12.7. The quantitative estimate of drug-likeness (QED) is 0.781. The average molecular weight is 428 g/mol. The molecule has 0 aromatic carbocycles. The number of carbonyl (C=O) groups is 2. The van der Waals surface area contributed by atoms with Gasteiger partial charge in [-0.05, 0) is 30.5 Å². The van der Waals surface area contributed by atoms with Crippen LogP contribution in [0.1, 0.15) is 17.7 Å². The molecule has 3 heterocycles. The zero-order valence-corrected chi connectivity index (χ0v) is 16.5. The van der Waals surface area contributed by atoms with Gasteiger partial charge in [-0.25, -0.2) is 4.79 Å². The number of methoxy groups -OCH3 is 1. The molecule has 0 aliphatic carbocycles. The highest BCUT2D eigenvalue weighted by Gasteiger charge is 2.38. The second-order valence-corrected chi connectivity index (χ2v) is 6.74. The van der Waals surface area contributed by atoms with E-state index in [1.54, 1.807) is 18.0 Å². The van der Waals surface area contributed by atoms with Crippen molar-refractivity contribution in [1.82, 2.24) is 19.7 Å². The van der Waals surface area contributed by atoms with Gasteiger partial charge in [0, 0.05) is 38.8 Å². The summed E-state index contributed by atoms with van der Waals surface area (Å²) in [5.41, 5.74) is 1.93. The Kier molecular flexibility index (Phi) is 7.93. The molecule has 1 amide bonds. The van der Waals surface area contributed by atoms with E-state index in [9.17, 15) is 18.0 Å². The zero-order chi connectivity index (χ0) is 22.3. The standard InChI is InChI=1S/C17H22N4O2.C2HF3O2/c1-20-12-13(11-19-20)9-15-16(23-2)6-8-21(15)17(22)10-14-5-3-4-7-18-14;3-2(4,5)1(6)7/h3-5,7,11-12,15-16H,6,8-10H2,1-2H3;(H,6,7)/t15-,16-;/m0./s1. The highest BCUT2D eigenvalue weighted by atomic mass is 19.4. The van der Waals surface area contributed by atoms with E-state index in [1.165, 1.54) is 0 Å². The summed E-state index contributed by atoms with van der Waals surface area (Å²) in [6.07, 6.45) is 2.52. The average Bonchev–Trinajstić information content (AvgIpc) is 3.28. The molecule has 2 aromatic rings. The summed E-state index contributed by atoms with van der Waals surface area (Å²) in [6, 6.07) is 5.71. The number of carboxylic acid groups (broad SMARTS) is 1. The Bertz CT molecular complexity index is 842.